The second-order valence-electron chi connectivity index (χ2n) is 5.33. The minimum absolute atomic E-state index is 0.0227. The predicted molar refractivity (Wildman–Crippen MR) is 93.2 cm³/mol. The molecule has 0 aliphatic heterocycles. The zero-order valence-corrected chi connectivity index (χ0v) is 14.5. The number of aromatic nitrogens is 2. The summed E-state index contributed by atoms with van der Waals surface area (Å²) in [6.07, 6.45) is 4.70. The third-order valence-corrected chi connectivity index (χ3v) is 3.63. The third kappa shape index (κ3) is 4.64. The molecule has 0 radical (unpaired) electrons. The Morgan fingerprint density at radius 3 is 2.46 bits per heavy atom. The van der Waals surface area contributed by atoms with E-state index in [1.807, 2.05) is 13.8 Å². The Balaban J connectivity index is 2.09. The van der Waals surface area contributed by atoms with Crippen LogP contribution in [0, 0.1) is 5.82 Å². The van der Waals surface area contributed by atoms with Crippen LogP contribution >= 0.6 is 11.6 Å². The van der Waals surface area contributed by atoms with Crippen molar-refractivity contribution in [2.24, 2.45) is 0 Å². The number of hydrogen-bond acceptors (Lipinski definition) is 4. The molecule has 1 aromatic heterocycles. The molecular weight excluding hydrogens is 331 g/mol. The summed E-state index contributed by atoms with van der Waals surface area (Å²) < 4.78 is 13.2. The number of amides is 1. The first kappa shape index (κ1) is 18.1. The molecule has 128 valence electrons. The number of carbonyl (C=O) groups is 1. The normalized spacial score (nSPS) is 10.5. The summed E-state index contributed by atoms with van der Waals surface area (Å²) in [5.41, 5.74) is 0.896. The molecule has 2 aromatic rings. The van der Waals surface area contributed by atoms with Gasteiger partial charge in [-0.1, -0.05) is 25.4 Å². The fourth-order valence-electron chi connectivity index (χ4n) is 2.24. The zero-order chi connectivity index (χ0) is 17.5. The summed E-state index contributed by atoms with van der Waals surface area (Å²) in [7, 11) is 0. The molecule has 1 amide bonds. The third-order valence-electron chi connectivity index (χ3n) is 3.34. The van der Waals surface area contributed by atoms with Crippen molar-refractivity contribution >= 4 is 29.0 Å². The quantitative estimate of drug-likeness (QED) is 0.810. The first-order valence-corrected chi connectivity index (χ1v) is 8.26. The van der Waals surface area contributed by atoms with Crippen molar-refractivity contribution in [1.29, 1.82) is 0 Å². The Labute approximate surface area is 145 Å². The monoisotopic (exact) mass is 350 g/mol. The van der Waals surface area contributed by atoms with Crippen molar-refractivity contribution in [2.45, 2.75) is 26.7 Å². The van der Waals surface area contributed by atoms with E-state index in [1.54, 1.807) is 11.0 Å². The number of carbonyl (C=O) groups excluding carboxylic acids is 1. The van der Waals surface area contributed by atoms with Gasteiger partial charge in [0, 0.05) is 18.8 Å². The van der Waals surface area contributed by atoms with Gasteiger partial charge in [-0.25, -0.2) is 14.4 Å². The van der Waals surface area contributed by atoms with E-state index in [2.05, 4.69) is 15.3 Å². The summed E-state index contributed by atoms with van der Waals surface area (Å²) in [6, 6.07) is 4.28. The highest BCUT2D eigenvalue weighted by Crippen LogP contribution is 2.21. The topological polar surface area (TPSA) is 58.1 Å². The van der Waals surface area contributed by atoms with Crippen LogP contribution in [0.4, 0.5) is 15.9 Å². The van der Waals surface area contributed by atoms with Crippen LogP contribution in [0.25, 0.3) is 0 Å². The maximum Gasteiger partial charge on any atom is 0.274 e. The predicted octanol–water partition coefficient (Wildman–Crippen LogP) is 4.27. The lowest BCUT2D eigenvalue weighted by molar-refractivity contribution is 0.0749. The van der Waals surface area contributed by atoms with E-state index in [-0.39, 0.29) is 10.9 Å². The number of nitrogens with one attached hydrogen (secondary N) is 1. The SMILES string of the molecule is CCCN(CCC)C(=O)c1cnc(Nc2ccc(F)c(Cl)c2)cn1. The van der Waals surface area contributed by atoms with Gasteiger partial charge < -0.3 is 10.2 Å². The molecule has 0 saturated carbocycles. The lowest BCUT2D eigenvalue weighted by atomic mass is 10.3. The summed E-state index contributed by atoms with van der Waals surface area (Å²) in [5.74, 6) is -0.157. The fraction of sp³-hybridized carbons (Fsp3) is 0.353. The van der Waals surface area contributed by atoms with Gasteiger partial charge >= 0.3 is 0 Å². The highest BCUT2D eigenvalue weighted by molar-refractivity contribution is 6.31. The molecule has 2 rings (SSSR count). The van der Waals surface area contributed by atoms with E-state index in [1.165, 1.54) is 24.5 Å². The lowest BCUT2D eigenvalue weighted by Gasteiger charge is -2.20. The highest BCUT2D eigenvalue weighted by Gasteiger charge is 2.16. The van der Waals surface area contributed by atoms with E-state index in [0.29, 0.717) is 30.3 Å². The van der Waals surface area contributed by atoms with Gasteiger partial charge in [-0.05, 0) is 31.0 Å². The molecule has 5 nitrogen and oxygen atoms in total. The van der Waals surface area contributed by atoms with Crippen LogP contribution in [0.15, 0.2) is 30.6 Å². The molecule has 1 aromatic carbocycles. The summed E-state index contributed by atoms with van der Waals surface area (Å²) >= 11 is 5.74. The Morgan fingerprint density at radius 1 is 1.21 bits per heavy atom. The number of nitrogens with zero attached hydrogens (tertiary/aromatic N) is 3. The van der Waals surface area contributed by atoms with Gasteiger partial charge in [0.25, 0.3) is 5.91 Å². The summed E-state index contributed by atoms with van der Waals surface area (Å²) in [4.78, 5) is 22.6. The molecular formula is C17H20ClFN4O. The van der Waals surface area contributed by atoms with Crippen LogP contribution in [-0.4, -0.2) is 33.9 Å². The molecule has 0 bridgehead atoms. The van der Waals surface area contributed by atoms with Crippen LogP contribution < -0.4 is 5.32 Å². The number of anilines is 2. The number of benzene rings is 1. The molecule has 24 heavy (non-hydrogen) atoms. The van der Waals surface area contributed by atoms with Gasteiger partial charge in [0.1, 0.15) is 17.3 Å². The maximum absolute atomic E-state index is 13.2. The Kier molecular flexibility index (Phi) is 6.49. The van der Waals surface area contributed by atoms with Gasteiger partial charge in [0.2, 0.25) is 0 Å². The smallest absolute Gasteiger partial charge is 0.274 e. The van der Waals surface area contributed by atoms with E-state index in [0.717, 1.165) is 12.8 Å². The molecule has 1 heterocycles. The van der Waals surface area contributed by atoms with E-state index < -0.39 is 5.82 Å². The van der Waals surface area contributed by atoms with Crippen LogP contribution in [0.5, 0.6) is 0 Å². The molecule has 0 atom stereocenters. The molecule has 0 aliphatic rings. The number of hydrogen-bond donors (Lipinski definition) is 1. The largest absolute Gasteiger partial charge is 0.339 e. The van der Waals surface area contributed by atoms with Crippen LogP contribution in [0.2, 0.25) is 5.02 Å². The zero-order valence-electron chi connectivity index (χ0n) is 13.7. The van der Waals surface area contributed by atoms with Gasteiger partial charge in [-0.2, -0.15) is 0 Å². The standard InChI is InChI=1S/C17H20ClFN4O/c1-3-7-23(8-4-2)17(24)15-10-21-16(11-20-15)22-12-5-6-14(19)13(18)9-12/h5-6,9-11H,3-4,7-8H2,1-2H3,(H,21,22). The van der Waals surface area contributed by atoms with Gasteiger partial charge in [0.05, 0.1) is 17.4 Å². The molecule has 1 N–H and O–H groups in total. The molecule has 0 saturated heterocycles. The molecule has 0 aliphatic carbocycles. The molecule has 0 spiro atoms. The first-order chi connectivity index (χ1) is 11.5. The number of rotatable bonds is 7. The van der Waals surface area contributed by atoms with E-state index in [4.69, 9.17) is 11.6 Å². The average Bonchev–Trinajstić information content (AvgIpc) is 2.58. The Bertz CT molecular complexity index is 687. The summed E-state index contributed by atoms with van der Waals surface area (Å²) in [5, 5.41) is 2.99. The van der Waals surface area contributed by atoms with Crippen molar-refractivity contribution in [2.75, 3.05) is 18.4 Å². The Hall–Kier alpha value is -2.21. The van der Waals surface area contributed by atoms with Crippen molar-refractivity contribution in [3.63, 3.8) is 0 Å². The second kappa shape index (κ2) is 8.59. The van der Waals surface area contributed by atoms with Crippen LogP contribution in [0.3, 0.4) is 0 Å². The molecule has 7 heteroatoms. The average molecular weight is 351 g/mol. The van der Waals surface area contributed by atoms with Crippen molar-refractivity contribution in [3.8, 4) is 0 Å². The van der Waals surface area contributed by atoms with Gasteiger partial charge in [-0.15, -0.1) is 0 Å². The summed E-state index contributed by atoms with van der Waals surface area (Å²) in [6.45, 7) is 5.45. The van der Waals surface area contributed by atoms with Crippen LogP contribution in [-0.2, 0) is 0 Å². The van der Waals surface area contributed by atoms with Crippen LogP contribution in [0.1, 0.15) is 37.2 Å². The maximum atomic E-state index is 13.2. The van der Waals surface area contributed by atoms with Gasteiger partial charge in [0.15, 0.2) is 0 Å². The Morgan fingerprint density at radius 2 is 1.92 bits per heavy atom. The number of halogens is 2. The fourth-order valence-corrected chi connectivity index (χ4v) is 2.42. The van der Waals surface area contributed by atoms with Crippen molar-refractivity contribution in [3.05, 3.63) is 47.1 Å². The first-order valence-electron chi connectivity index (χ1n) is 7.88. The molecule has 0 fully saturated rings. The van der Waals surface area contributed by atoms with Crippen molar-refractivity contribution in [1.82, 2.24) is 14.9 Å². The van der Waals surface area contributed by atoms with Gasteiger partial charge in [-0.3, -0.25) is 4.79 Å². The van der Waals surface area contributed by atoms with Crippen molar-refractivity contribution < 1.29 is 9.18 Å². The lowest BCUT2D eigenvalue weighted by Crippen LogP contribution is -2.33. The highest BCUT2D eigenvalue weighted by atomic mass is 35.5. The second-order valence-corrected chi connectivity index (χ2v) is 5.74. The minimum atomic E-state index is -0.485. The van der Waals surface area contributed by atoms with E-state index >= 15 is 0 Å². The minimum Gasteiger partial charge on any atom is -0.339 e. The van der Waals surface area contributed by atoms with E-state index in [9.17, 15) is 9.18 Å². The molecule has 0 unspecified atom stereocenters.